The first-order valence-electron chi connectivity index (χ1n) is 6.13. The molecular weight excluding hydrogens is 300 g/mol. The summed E-state index contributed by atoms with van der Waals surface area (Å²) in [6.07, 6.45) is -0.240. The maximum Gasteiger partial charge on any atom is 0.305 e. The SMILES string of the molecule is CC1(C(=O)NCCC(=O)O)Oc2ccc(Cl)cc2NC1=O. The predicted octanol–water partition coefficient (Wildman–Crippen LogP) is 1.02. The quantitative estimate of drug-likeness (QED) is 0.720. The number of anilines is 1. The monoisotopic (exact) mass is 312 g/mol. The number of amides is 2. The highest BCUT2D eigenvalue weighted by Crippen LogP contribution is 2.35. The summed E-state index contributed by atoms with van der Waals surface area (Å²) < 4.78 is 5.48. The maximum absolute atomic E-state index is 12.1. The fourth-order valence-electron chi connectivity index (χ4n) is 1.80. The molecule has 0 fully saturated rings. The molecule has 0 spiro atoms. The van der Waals surface area contributed by atoms with Crippen LogP contribution in [0.2, 0.25) is 5.02 Å². The van der Waals surface area contributed by atoms with E-state index in [1.165, 1.54) is 13.0 Å². The van der Waals surface area contributed by atoms with Gasteiger partial charge in [0.2, 0.25) is 0 Å². The van der Waals surface area contributed by atoms with Crippen LogP contribution in [0.1, 0.15) is 13.3 Å². The van der Waals surface area contributed by atoms with Crippen molar-refractivity contribution in [3.8, 4) is 5.75 Å². The number of carboxylic acid groups (broad SMARTS) is 1. The molecule has 112 valence electrons. The first-order valence-corrected chi connectivity index (χ1v) is 6.51. The minimum Gasteiger partial charge on any atom is -0.481 e. The highest BCUT2D eigenvalue weighted by Gasteiger charge is 2.47. The summed E-state index contributed by atoms with van der Waals surface area (Å²) in [5.74, 6) is -2.09. The van der Waals surface area contributed by atoms with Gasteiger partial charge in [-0.3, -0.25) is 14.4 Å². The Hall–Kier alpha value is -2.28. The Labute approximate surface area is 125 Å². The zero-order chi connectivity index (χ0) is 15.6. The lowest BCUT2D eigenvalue weighted by Gasteiger charge is -2.33. The zero-order valence-corrected chi connectivity index (χ0v) is 11.9. The highest BCUT2D eigenvalue weighted by atomic mass is 35.5. The molecular formula is C13H13ClN2O5. The van der Waals surface area contributed by atoms with E-state index in [1.807, 2.05) is 0 Å². The topological polar surface area (TPSA) is 105 Å². The molecule has 0 aromatic heterocycles. The van der Waals surface area contributed by atoms with Gasteiger partial charge in [0.15, 0.2) is 0 Å². The van der Waals surface area contributed by atoms with Gasteiger partial charge in [-0.25, -0.2) is 0 Å². The lowest BCUT2D eigenvalue weighted by atomic mass is 10.0. The van der Waals surface area contributed by atoms with Crippen molar-refractivity contribution in [3.63, 3.8) is 0 Å². The number of ether oxygens (including phenoxy) is 1. The average Bonchev–Trinajstić information content (AvgIpc) is 2.40. The molecule has 1 unspecified atom stereocenters. The van der Waals surface area contributed by atoms with E-state index in [9.17, 15) is 14.4 Å². The molecule has 7 nitrogen and oxygen atoms in total. The van der Waals surface area contributed by atoms with E-state index in [2.05, 4.69) is 10.6 Å². The van der Waals surface area contributed by atoms with Gasteiger partial charge in [0.1, 0.15) is 5.75 Å². The summed E-state index contributed by atoms with van der Waals surface area (Å²) >= 11 is 5.81. The van der Waals surface area contributed by atoms with Gasteiger partial charge >= 0.3 is 5.97 Å². The Bertz CT molecular complexity index is 619. The van der Waals surface area contributed by atoms with Crippen molar-refractivity contribution in [2.75, 3.05) is 11.9 Å². The summed E-state index contributed by atoms with van der Waals surface area (Å²) in [5.41, 5.74) is -1.39. The van der Waals surface area contributed by atoms with Crippen LogP contribution in [0.4, 0.5) is 5.69 Å². The van der Waals surface area contributed by atoms with Crippen LogP contribution in [0, 0.1) is 0 Å². The average molecular weight is 313 g/mol. The fourth-order valence-corrected chi connectivity index (χ4v) is 1.97. The molecule has 0 bridgehead atoms. The van der Waals surface area contributed by atoms with Crippen LogP contribution in [0.3, 0.4) is 0 Å². The van der Waals surface area contributed by atoms with Crippen LogP contribution in [0.15, 0.2) is 18.2 Å². The minimum absolute atomic E-state index is 0.0894. The fraction of sp³-hybridized carbons (Fsp3) is 0.308. The Morgan fingerprint density at radius 2 is 2.19 bits per heavy atom. The molecule has 0 saturated heterocycles. The zero-order valence-electron chi connectivity index (χ0n) is 11.1. The Kier molecular flexibility index (Phi) is 4.04. The standard InChI is InChI=1S/C13H13ClN2O5/c1-13(11(19)15-5-4-10(17)18)12(20)16-8-6-7(14)2-3-9(8)21-13/h2-3,6H,4-5H2,1H3,(H,15,19)(H,16,20)(H,17,18). The van der Waals surface area contributed by atoms with Gasteiger partial charge in [-0.1, -0.05) is 11.6 Å². The number of rotatable bonds is 4. The number of aliphatic carboxylic acids is 1. The van der Waals surface area contributed by atoms with Gasteiger partial charge in [-0.2, -0.15) is 0 Å². The Morgan fingerprint density at radius 3 is 2.86 bits per heavy atom. The van der Waals surface area contributed by atoms with E-state index < -0.39 is 23.4 Å². The van der Waals surface area contributed by atoms with Crippen LogP contribution in [-0.4, -0.2) is 35.0 Å². The van der Waals surface area contributed by atoms with Gasteiger partial charge in [-0.15, -0.1) is 0 Å². The predicted molar refractivity (Wildman–Crippen MR) is 74.4 cm³/mol. The van der Waals surface area contributed by atoms with Gasteiger partial charge in [0.25, 0.3) is 17.4 Å². The number of carbonyl (C=O) groups excluding carboxylic acids is 2. The molecule has 3 N–H and O–H groups in total. The lowest BCUT2D eigenvalue weighted by molar-refractivity contribution is -0.146. The first kappa shape index (κ1) is 15.1. The second-order valence-corrected chi connectivity index (χ2v) is 5.07. The van der Waals surface area contributed by atoms with Crippen molar-refractivity contribution in [2.45, 2.75) is 18.9 Å². The second-order valence-electron chi connectivity index (χ2n) is 4.63. The number of carboxylic acids is 1. The third-order valence-electron chi connectivity index (χ3n) is 2.99. The first-order chi connectivity index (χ1) is 9.83. The molecule has 1 aliphatic heterocycles. The summed E-state index contributed by atoms with van der Waals surface area (Å²) in [4.78, 5) is 34.6. The molecule has 0 radical (unpaired) electrons. The number of carbonyl (C=O) groups is 3. The number of benzene rings is 1. The molecule has 1 aromatic carbocycles. The molecule has 2 rings (SSSR count). The molecule has 2 amide bonds. The minimum atomic E-state index is -1.76. The van der Waals surface area contributed by atoms with Crippen molar-refractivity contribution in [1.29, 1.82) is 0 Å². The molecule has 1 heterocycles. The summed E-state index contributed by atoms with van der Waals surface area (Å²) in [6.45, 7) is 1.23. The summed E-state index contributed by atoms with van der Waals surface area (Å²) in [6, 6.07) is 4.62. The number of hydrogen-bond donors (Lipinski definition) is 3. The molecule has 1 aromatic rings. The van der Waals surface area contributed by atoms with E-state index in [0.717, 1.165) is 0 Å². The number of nitrogens with one attached hydrogen (secondary N) is 2. The van der Waals surface area contributed by atoms with Gasteiger partial charge < -0.3 is 20.5 Å². The van der Waals surface area contributed by atoms with Crippen molar-refractivity contribution in [2.24, 2.45) is 0 Å². The van der Waals surface area contributed by atoms with Crippen LogP contribution >= 0.6 is 11.6 Å². The van der Waals surface area contributed by atoms with Gasteiger partial charge in [-0.05, 0) is 25.1 Å². The third-order valence-corrected chi connectivity index (χ3v) is 3.23. The van der Waals surface area contributed by atoms with E-state index in [1.54, 1.807) is 12.1 Å². The van der Waals surface area contributed by atoms with Gasteiger partial charge in [0, 0.05) is 11.6 Å². The molecule has 8 heteroatoms. The van der Waals surface area contributed by atoms with Crippen molar-refractivity contribution >= 4 is 35.1 Å². The van der Waals surface area contributed by atoms with Crippen molar-refractivity contribution in [3.05, 3.63) is 23.2 Å². The Morgan fingerprint density at radius 1 is 1.48 bits per heavy atom. The Balaban J connectivity index is 2.15. The number of halogens is 1. The second kappa shape index (κ2) is 5.61. The van der Waals surface area contributed by atoms with E-state index >= 15 is 0 Å². The number of fused-ring (bicyclic) bond motifs is 1. The third kappa shape index (κ3) is 3.08. The highest BCUT2D eigenvalue weighted by molar-refractivity contribution is 6.31. The molecule has 21 heavy (non-hydrogen) atoms. The molecule has 1 aliphatic rings. The van der Waals surface area contributed by atoms with E-state index in [4.69, 9.17) is 21.4 Å². The largest absolute Gasteiger partial charge is 0.481 e. The summed E-state index contributed by atoms with van der Waals surface area (Å²) in [5, 5.41) is 13.9. The van der Waals surface area contributed by atoms with E-state index in [-0.39, 0.29) is 13.0 Å². The van der Waals surface area contributed by atoms with Crippen LogP contribution in [-0.2, 0) is 14.4 Å². The smallest absolute Gasteiger partial charge is 0.305 e. The molecule has 0 aliphatic carbocycles. The van der Waals surface area contributed by atoms with Crippen molar-refractivity contribution in [1.82, 2.24) is 5.32 Å². The molecule has 1 atom stereocenters. The van der Waals surface area contributed by atoms with Crippen LogP contribution < -0.4 is 15.4 Å². The molecule has 0 saturated carbocycles. The number of hydrogen-bond acceptors (Lipinski definition) is 4. The van der Waals surface area contributed by atoms with E-state index in [0.29, 0.717) is 16.5 Å². The van der Waals surface area contributed by atoms with Crippen molar-refractivity contribution < 1.29 is 24.2 Å². The van der Waals surface area contributed by atoms with Gasteiger partial charge in [0.05, 0.1) is 12.1 Å². The maximum atomic E-state index is 12.1. The summed E-state index contributed by atoms with van der Waals surface area (Å²) in [7, 11) is 0. The van der Waals surface area contributed by atoms with Crippen LogP contribution in [0.5, 0.6) is 5.75 Å². The lowest BCUT2D eigenvalue weighted by Crippen LogP contribution is -2.58. The normalized spacial score (nSPS) is 20.0. The van der Waals surface area contributed by atoms with Crippen LogP contribution in [0.25, 0.3) is 0 Å².